The molecule has 0 saturated carbocycles. The minimum Gasteiger partial charge on any atom is -0.497 e. The van der Waals surface area contributed by atoms with Crippen molar-refractivity contribution in [3.8, 4) is 39.8 Å². The normalized spacial score (nSPS) is 12.6. The molecule has 0 radical (unpaired) electrons. The van der Waals surface area contributed by atoms with Crippen molar-refractivity contribution < 1.29 is 4.74 Å². The van der Waals surface area contributed by atoms with E-state index in [0.717, 1.165) is 63.3 Å². The molecule has 1 N–H and O–H groups in total. The summed E-state index contributed by atoms with van der Waals surface area (Å²) >= 11 is 6.15. The number of nitrogens with one attached hydrogen (secondary N) is 1. The van der Waals surface area contributed by atoms with E-state index in [4.69, 9.17) is 21.3 Å². The van der Waals surface area contributed by atoms with Gasteiger partial charge in [0.25, 0.3) is 0 Å². The molecule has 5 heteroatoms. The highest BCUT2D eigenvalue weighted by Gasteiger charge is 2.28. The first-order valence-electron chi connectivity index (χ1n) is 10.7. The van der Waals surface area contributed by atoms with Crippen LogP contribution in [0, 0.1) is 6.92 Å². The molecule has 158 valence electrons. The number of hydrogen-bond acceptors (Lipinski definition) is 2. The van der Waals surface area contributed by atoms with Crippen molar-refractivity contribution in [2.24, 2.45) is 0 Å². The van der Waals surface area contributed by atoms with Gasteiger partial charge in [0.15, 0.2) is 0 Å². The molecule has 0 bridgehead atoms. The topological polar surface area (TPSA) is 42.8 Å². The number of rotatable bonds is 3. The first-order chi connectivity index (χ1) is 15.6. The fourth-order valence-corrected chi connectivity index (χ4v) is 4.82. The number of imidazole rings is 1. The second kappa shape index (κ2) is 7.28. The molecular weight excluding hydrogens is 418 g/mol. The van der Waals surface area contributed by atoms with Crippen molar-refractivity contribution in [1.29, 1.82) is 0 Å². The van der Waals surface area contributed by atoms with E-state index < -0.39 is 0 Å². The highest BCUT2D eigenvalue weighted by Crippen LogP contribution is 2.43. The lowest BCUT2D eigenvalue weighted by Crippen LogP contribution is -2.11. The first kappa shape index (κ1) is 19.2. The lowest BCUT2D eigenvalue weighted by molar-refractivity contribution is 0.415. The Kier molecular flexibility index (Phi) is 4.37. The summed E-state index contributed by atoms with van der Waals surface area (Å²) in [6.07, 6.45) is 0.930. The summed E-state index contributed by atoms with van der Waals surface area (Å²) in [7, 11) is 1.71. The molecule has 0 spiro atoms. The molecule has 2 aromatic heterocycles. The summed E-state index contributed by atoms with van der Waals surface area (Å²) in [6, 6.07) is 22.8. The fourth-order valence-electron chi connectivity index (χ4n) is 4.70. The summed E-state index contributed by atoms with van der Waals surface area (Å²) in [5, 5.41) is 1.94. The Morgan fingerprint density at radius 2 is 1.72 bits per heavy atom. The predicted octanol–water partition coefficient (Wildman–Crippen LogP) is 6.89. The number of H-pyrrole nitrogens is 1. The second-order valence-corrected chi connectivity index (χ2v) is 8.73. The number of nitrogens with zero attached hydrogens (tertiary/aromatic N) is 2. The first-order valence-corrected chi connectivity index (χ1v) is 11.1. The monoisotopic (exact) mass is 439 g/mol. The lowest BCUT2D eigenvalue weighted by Gasteiger charge is -2.19. The zero-order chi connectivity index (χ0) is 21.8. The molecule has 32 heavy (non-hydrogen) atoms. The molecule has 0 amide bonds. The van der Waals surface area contributed by atoms with E-state index in [1.54, 1.807) is 7.11 Å². The van der Waals surface area contributed by atoms with Crippen molar-refractivity contribution in [1.82, 2.24) is 14.5 Å². The summed E-state index contributed by atoms with van der Waals surface area (Å²) in [6.45, 7) is 2.97. The minimum absolute atomic E-state index is 0.727. The van der Waals surface area contributed by atoms with Crippen LogP contribution >= 0.6 is 11.6 Å². The summed E-state index contributed by atoms with van der Waals surface area (Å²) in [5.41, 5.74) is 9.13. The van der Waals surface area contributed by atoms with Crippen LogP contribution in [0.1, 0.15) is 11.1 Å². The van der Waals surface area contributed by atoms with Crippen molar-refractivity contribution in [3.63, 3.8) is 0 Å². The molecule has 6 rings (SSSR count). The van der Waals surface area contributed by atoms with Crippen LogP contribution in [0.4, 0.5) is 0 Å². The molecule has 1 aliphatic rings. The number of benzene rings is 3. The van der Waals surface area contributed by atoms with Crippen LogP contribution in [0.3, 0.4) is 0 Å². The van der Waals surface area contributed by atoms with Gasteiger partial charge in [-0.1, -0.05) is 41.4 Å². The Bertz CT molecular complexity index is 1460. The van der Waals surface area contributed by atoms with Gasteiger partial charge in [-0.15, -0.1) is 0 Å². The Morgan fingerprint density at radius 1 is 0.969 bits per heavy atom. The van der Waals surface area contributed by atoms with E-state index in [9.17, 15) is 0 Å². The van der Waals surface area contributed by atoms with Gasteiger partial charge in [0, 0.05) is 33.6 Å². The Hall–Kier alpha value is -3.50. The molecule has 0 atom stereocenters. The maximum atomic E-state index is 6.15. The second-order valence-electron chi connectivity index (χ2n) is 8.30. The SMILES string of the molecule is COc1ccc2[nH]c3c(c2c1)CCn1c(-c2ccc(Cl)cc2)nc(-c2ccc(C)cc2)c1-3. The van der Waals surface area contributed by atoms with Crippen molar-refractivity contribution in [3.05, 3.63) is 82.9 Å². The predicted molar refractivity (Wildman–Crippen MR) is 130 cm³/mol. The molecule has 3 heterocycles. The zero-order valence-electron chi connectivity index (χ0n) is 17.9. The average molecular weight is 440 g/mol. The van der Waals surface area contributed by atoms with Gasteiger partial charge in [0.2, 0.25) is 0 Å². The zero-order valence-corrected chi connectivity index (χ0v) is 18.7. The van der Waals surface area contributed by atoms with Crippen molar-refractivity contribution in [2.45, 2.75) is 19.9 Å². The van der Waals surface area contributed by atoms with Gasteiger partial charge in [-0.05, 0) is 61.4 Å². The number of aromatic nitrogens is 3. The van der Waals surface area contributed by atoms with Gasteiger partial charge < -0.3 is 14.3 Å². The third-order valence-corrected chi connectivity index (χ3v) is 6.58. The molecule has 4 nitrogen and oxygen atoms in total. The largest absolute Gasteiger partial charge is 0.497 e. The summed E-state index contributed by atoms with van der Waals surface area (Å²) in [4.78, 5) is 8.85. The number of halogens is 1. The number of hydrogen-bond donors (Lipinski definition) is 1. The molecule has 1 aliphatic heterocycles. The van der Waals surface area contributed by atoms with Crippen LogP contribution < -0.4 is 4.74 Å². The van der Waals surface area contributed by atoms with Gasteiger partial charge in [-0.2, -0.15) is 0 Å². The third-order valence-electron chi connectivity index (χ3n) is 6.33. The summed E-state index contributed by atoms with van der Waals surface area (Å²) < 4.78 is 7.83. The smallest absolute Gasteiger partial charge is 0.141 e. The highest BCUT2D eigenvalue weighted by atomic mass is 35.5. The van der Waals surface area contributed by atoms with E-state index in [2.05, 4.69) is 52.9 Å². The van der Waals surface area contributed by atoms with Crippen LogP contribution in [0.2, 0.25) is 5.02 Å². The van der Waals surface area contributed by atoms with Crippen LogP contribution in [0.25, 0.3) is 44.9 Å². The van der Waals surface area contributed by atoms with Crippen LogP contribution in [-0.2, 0) is 13.0 Å². The number of fused-ring (bicyclic) bond motifs is 5. The Labute approximate surface area is 191 Å². The van der Waals surface area contributed by atoms with Crippen molar-refractivity contribution >= 4 is 22.5 Å². The maximum absolute atomic E-state index is 6.15. The van der Waals surface area contributed by atoms with E-state index in [0.29, 0.717) is 0 Å². The summed E-state index contributed by atoms with van der Waals surface area (Å²) in [5.74, 6) is 1.84. The van der Waals surface area contributed by atoms with Gasteiger partial charge in [-0.3, -0.25) is 0 Å². The molecule has 0 unspecified atom stereocenters. The molecule has 0 fully saturated rings. The van der Waals surface area contributed by atoms with E-state index >= 15 is 0 Å². The number of ether oxygens (including phenoxy) is 1. The van der Waals surface area contributed by atoms with Gasteiger partial charge >= 0.3 is 0 Å². The average Bonchev–Trinajstić information content (AvgIpc) is 3.38. The molecule has 5 aromatic rings. The highest BCUT2D eigenvalue weighted by molar-refractivity contribution is 6.30. The molecule has 3 aromatic carbocycles. The van der Waals surface area contributed by atoms with Crippen LogP contribution in [-0.4, -0.2) is 21.6 Å². The standard InChI is InChI=1S/C27H22ClN3O/c1-16-3-5-17(6-4-16)24-26-25-21(22-15-20(32-2)11-12-23(22)29-25)13-14-31(26)27(30-24)18-7-9-19(28)10-8-18/h3-12,15,29H,13-14H2,1-2H3. The third kappa shape index (κ3) is 2.94. The molecular formula is C27H22ClN3O. The van der Waals surface area contributed by atoms with E-state index in [-0.39, 0.29) is 0 Å². The fraction of sp³-hybridized carbons (Fsp3) is 0.148. The maximum Gasteiger partial charge on any atom is 0.141 e. The van der Waals surface area contributed by atoms with Crippen LogP contribution in [0.5, 0.6) is 5.75 Å². The molecule has 0 saturated heterocycles. The lowest BCUT2D eigenvalue weighted by atomic mass is 9.99. The van der Waals surface area contributed by atoms with Gasteiger partial charge in [-0.25, -0.2) is 4.98 Å². The quantitative estimate of drug-likeness (QED) is 0.332. The van der Waals surface area contributed by atoms with Gasteiger partial charge in [0.05, 0.1) is 24.2 Å². The minimum atomic E-state index is 0.727. The Morgan fingerprint density at radius 3 is 2.47 bits per heavy atom. The van der Waals surface area contributed by atoms with Gasteiger partial charge in [0.1, 0.15) is 11.6 Å². The molecule has 0 aliphatic carbocycles. The number of aromatic amines is 1. The van der Waals surface area contributed by atoms with Crippen LogP contribution in [0.15, 0.2) is 66.7 Å². The van der Waals surface area contributed by atoms with E-state index in [1.807, 2.05) is 30.3 Å². The number of aryl methyl sites for hydroxylation is 2. The Balaban J connectivity index is 1.63. The number of methoxy groups -OCH3 is 1. The van der Waals surface area contributed by atoms with E-state index in [1.165, 1.54) is 16.5 Å². The van der Waals surface area contributed by atoms with Crippen molar-refractivity contribution in [2.75, 3.05) is 7.11 Å².